The van der Waals surface area contributed by atoms with Crippen LogP contribution in [-0.2, 0) is 54.4 Å². The maximum Gasteiger partial charge on any atom is 0.322 e. The van der Waals surface area contributed by atoms with Crippen molar-refractivity contribution >= 4 is 59.1 Å². The number of rotatable bonds is 25. The van der Waals surface area contributed by atoms with Crippen LogP contribution in [0.4, 0.5) is 0 Å². The number of aromatic nitrogens is 2. The molecule has 0 saturated carbocycles. The van der Waals surface area contributed by atoms with Gasteiger partial charge in [0.1, 0.15) is 30.7 Å². The molecular formula is C32H51N13O11. The van der Waals surface area contributed by atoms with Crippen molar-refractivity contribution in [1.29, 1.82) is 0 Å². The van der Waals surface area contributed by atoms with Crippen molar-refractivity contribution in [1.82, 2.24) is 46.8 Å². The van der Waals surface area contributed by atoms with Crippen LogP contribution in [0.25, 0.3) is 0 Å². The minimum atomic E-state index is -1.61. The molecule has 0 aliphatic carbocycles. The summed E-state index contributed by atoms with van der Waals surface area (Å²) in [5.41, 5.74) is 22.6. The Morgan fingerprint density at radius 3 is 2.09 bits per heavy atom. The number of carbonyl (C=O) groups excluding carboxylic acids is 9. The summed E-state index contributed by atoms with van der Waals surface area (Å²) < 4.78 is 0. The zero-order chi connectivity index (χ0) is 41.8. The molecule has 16 N–H and O–H groups in total. The topological polar surface area (TPSA) is 399 Å². The number of nitrogens with two attached hydrogens (primary N) is 4. The molecule has 5 atom stereocenters. The van der Waals surface area contributed by atoms with Crippen LogP contribution in [0.5, 0.6) is 0 Å². The number of hydrogen-bond donors (Lipinski definition) is 12. The number of imidazole rings is 1. The van der Waals surface area contributed by atoms with E-state index in [9.17, 15) is 47.9 Å². The lowest BCUT2D eigenvalue weighted by atomic mass is 10.0. The summed E-state index contributed by atoms with van der Waals surface area (Å²) in [5, 5.41) is 22.7. The fourth-order valence-electron chi connectivity index (χ4n) is 5.52. The number of carboxylic acids is 1. The van der Waals surface area contributed by atoms with Gasteiger partial charge in [0, 0.05) is 25.6 Å². The summed E-state index contributed by atoms with van der Waals surface area (Å²) in [6.45, 7) is -1.47. The predicted octanol–water partition coefficient (Wildman–Crippen LogP) is -6.57. The summed E-state index contributed by atoms with van der Waals surface area (Å²) in [6, 6.07) is -6.52. The van der Waals surface area contributed by atoms with E-state index >= 15 is 0 Å². The number of unbranched alkanes of at least 4 members (excludes halogenated alkanes) is 1. The SMILES string of the molecule is NCCCC[C@H](NC(=O)[C@H](CC(N)=O)NC(=O)[C@@H]1CCCN1C(=O)CNC(=O)[C@@H](N)Cc1c[nH]cn1)C(=O)N[C@@H](CCC(N)=O)C(=O)NCC(=O)NCC(=O)O. The zero-order valence-corrected chi connectivity index (χ0v) is 30.7. The van der Waals surface area contributed by atoms with Gasteiger partial charge in [-0.1, -0.05) is 0 Å². The molecule has 2 heterocycles. The highest BCUT2D eigenvalue weighted by molar-refractivity contribution is 5.98. The first-order valence-electron chi connectivity index (χ1n) is 17.8. The molecule has 0 radical (unpaired) electrons. The van der Waals surface area contributed by atoms with Crippen LogP contribution in [-0.4, -0.2) is 142 Å². The molecule has 1 aliphatic rings. The lowest BCUT2D eigenvalue weighted by molar-refractivity contribution is -0.140. The second-order valence-corrected chi connectivity index (χ2v) is 12.9. The van der Waals surface area contributed by atoms with Gasteiger partial charge in [0.15, 0.2) is 0 Å². The minimum absolute atomic E-state index is 0.0320. The van der Waals surface area contributed by atoms with E-state index in [2.05, 4.69) is 36.6 Å². The van der Waals surface area contributed by atoms with E-state index in [0.717, 1.165) is 0 Å². The van der Waals surface area contributed by atoms with Gasteiger partial charge in [0.25, 0.3) is 0 Å². The van der Waals surface area contributed by atoms with E-state index in [-0.39, 0.29) is 45.2 Å². The summed E-state index contributed by atoms with van der Waals surface area (Å²) in [6.07, 6.45) is 3.00. The highest BCUT2D eigenvalue weighted by Gasteiger charge is 2.37. The molecule has 0 aromatic carbocycles. The van der Waals surface area contributed by atoms with Crippen molar-refractivity contribution < 1.29 is 53.1 Å². The summed E-state index contributed by atoms with van der Waals surface area (Å²) >= 11 is 0. The normalized spacial score (nSPS) is 15.6. The fourth-order valence-corrected chi connectivity index (χ4v) is 5.52. The van der Waals surface area contributed by atoms with Gasteiger partial charge >= 0.3 is 5.97 Å². The number of likely N-dealkylation sites (tertiary alicyclic amines) is 1. The summed E-state index contributed by atoms with van der Waals surface area (Å²) in [5.74, 6) is -8.86. The summed E-state index contributed by atoms with van der Waals surface area (Å²) in [4.78, 5) is 133. The minimum Gasteiger partial charge on any atom is -0.480 e. The molecule has 9 amide bonds. The number of nitrogens with one attached hydrogen (secondary N) is 7. The Bertz CT molecular complexity index is 1570. The zero-order valence-electron chi connectivity index (χ0n) is 30.7. The van der Waals surface area contributed by atoms with E-state index in [1.54, 1.807) is 6.20 Å². The predicted molar refractivity (Wildman–Crippen MR) is 193 cm³/mol. The van der Waals surface area contributed by atoms with Gasteiger partial charge in [-0.15, -0.1) is 0 Å². The maximum absolute atomic E-state index is 13.6. The third-order valence-electron chi connectivity index (χ3n) is 8.40. The molecular weight excluding hydrogens is 742 g/mol. The lowest BCUT2D eigenvalue weighted by Gasteiger charge is -2.28. The van der Waals surface area contributed by atoms with Crippen molar-refractivity contribution in [3.8, 4) is 0 Å². The van der Waals surface area contributed by atoms with Gasteiger partial charge in [-0.05, 0) is 45.1 Å². The first kappa shape index (κ1) is 46.0. The Morgan fingerprint density at radius 1 is 0.821 bits per heavy atom. The van der Waals surface area contributed by atoms with E-state index in [4.69, 9.17) is 28.0 Å². The van der Waals surface area contributed by atoms with Gasteiger partial charge < -0.3 is 69.8 Å². The maximum atomic E-state index is 13.6. The van der Waals surface area contributed by atoms with E-state index in [1.165, 1.54) is 11.2 Å². The largest absolute Gasteiger partial charge is 0.480 e. The number of aliphatic carboxylic acids is 1. The monoisotopic (exact) mass is 793 g/mol. The molecule has 24 heteroatoms. The molecule has 1 aliphatic heterocycles. The second kappa shape index (κ2) is 23.6. The number of aromatic amines is 1. The van der Waals surface area contributed by atoms with Crippen molar-refractivity contribution in [3.63, 3.8) is 0 Å². The van der Waals surface area contributed by atoms with Crippen LogP contribution < -0.4 is 54.8 Å². The Morgan fingerprint density at radius 2 is 1.48 bits per heavy atom. The number of carbonyl (C=O) groups is 10. The molecule has 1 aromatic rings. The first-order chi connectivity index (χ1) is 26.5. The number of carboxylic acid groups (broad SMARTS) is 1. The molecule has 0 spiro atoms. The van der Waals surface area contributed by atoms with Crippen LogP contribution in [0, 0.1) is 0 Å². The third-order valence-corrected chi connectivity index (χ3v) is 8.40. The molecule has 24 nitrogen and oxygen atoms in total. The Labute approximate surface area is 320 Å². The first-order valence-corrected chi connectivity index (χ1v) is 17.8. The third kappa shape index (κ3) is 16.5. The molecule has 1 saturated heterocycles. The molecule has 1 fully saturated rings. The van der Waals surface area contributed by atoms with Gasteiger partial charge in [0.2, 0.25) is 53.2 Å². The highest BCUT2D eigenvalue weighted by Crippen LogP contribution is 2.18. The van der Waals surface area contributed by atoms with Gasteiger partial charge in [-0.25, -0.2) is 4.98 Å². The second-order valence-electron chi connectivity index (χ2n) is 12.9. The molecule has 56 heavy (non-hydrogen) atoms. The average Bonchev–Trinajstić information content (AvgIpc) is 3.85. The van der Waals surface area contributed by atoms with Gasteiger partial charge in [0.05, 0.1) is 37.6 Å². The molecule has 310 valence electrons. The average molecular weight is 794 g/mol. The standard InChI is InChI=1S/C32H51N13O11/c33-8-2-1-4-19(30(54)43-20(6-7-23(35)46)29(53)39-13-25(48)38-15-27(50)51)42-31(55)21(11-24(36)47)44-32(56)22-5-3-9-45(22)26(49)14-40-28(52)18(34)10-17-12-37-16-41-17/h12,16,18-22H,1-11,13-15,33-34H2,(H2,35,46)(H2,36,47)(H,37,41)(H,38,48)(H,39,53)(H,40,52)(H,42,55)(H,43,54)(H,44,56)(H,50,51)/t18-,19-,20-,21-,22-/m0/s1. The van der Waals surface area contributed by atoms with E-state index < -0.39 is 115 Å². The van der Waals surface area contributed by atoms with Crippen LogP contribution >= 0.6 is 0 Å². The van der Waals surface area contributed by atoms with Crippen LogP contribution in [0.2, 0.25) is 0 Å². The molecule has 2 rings (SSSR count). The lowest BCUT2D eigenvalue weighted by Crippen LogP contribution is -2.59. The number of amides is 9. The number of H-pyrrole nitrogens is 1. The fraction of sp³-hybridized carbons (Fsp3) is 0.594. The Kier molecular flexibility index (Phi) is 19.4. The van der Waals surface area contributed by atoms with E-state index in [0.29, 0.717) is 25.0 Å². The van der Waals surface area contributed by atoms with E-state index in [1.807, 2.05) is 5.32 Å². The van der Waals surface area contributed by atoms with Crippen molar-refractivity contribution in [3.05, 3.63) is 18.2 Å². The molecule has 0 unspecified atom stereocenters. The quantitative estimate of drug-likeness (QED) is 0.0410. The van der Waals surface area contributed by atoms with Crippen LogP contribution in [0.1, 0.15) is 57.1 Å². The summed E-state index contributed by atoms with van der Waals surface area (Å²) in [7, 11) is 0. The van der Waals surface area contributed by atoms with Crippen molar-refractivity contribution in [2.45, 2.75) is 88.0 Å². The number of hydrogen-bond acceptors (Lipinski definition) is 13. The smallest absolute Gasteiger partial charge is 0.322 e. The van der Waals surface area contributed by atoms with Crippen molar-refractivity contribution in [2.75, 3.05) is 32.7 Å². The number of nitrogens with zero attached hydrogens (tertiary/aromatic N) is 2. The molecule has 0 bridgehead atoms. The van der Waals surface area contributed by atoms with Gasteiger partial charge in [-0.2, -0.15) is 0 Å². The van der Waals surface area contributed by atoms with Crippen LogP contribution in [0.15, 0.2) is 12.5 Å². The molecule has 1 aromatic heterocycles. The highest BCUT2D eigenvalue weighted by atomic mass is 16.4. The van der Waals surface area contributed by atoms with Gasteiger partial charge in [-0.3, -0.25) is 47.9 Å². The van der Waals surface area contributed by atoms with Crippen LogP contribution in [0.3, 0.4) is 0 Å². The Hall–Kier alpha value is -6.17. The van der Waals surface area contributed by atoms with Crippen molar-refractivity contribution in [2.24, 2.45) is 22.9 Å². The number of primary amides is 2. The Balaban J connectivity index is 2.13.